The molecule has 0 fully saturated rings. The second-order valence-corrected chi connectivity index (χ2v) is 9.05. The number of carbonyl (C=O) groups excluding carboxylic acids is 1. The maximum absolute atomic E-state index is 12.7. The summed E-state index contributed by atoms with van der Waals surface area (Å²) in [6.07, 6.45) is 0. The van der Waals surface area contributed by atoms with Gasteiger partial charge in [-0.15, -0.1) is 0 Å². The molecule has 7 heteroatoms. The van der Waals surface area contributed by atoms with E-state index < -0.39 is 10.8 Å². The summed E-state index contributed by atoms with van der Waals surface area (Å²) in [4.78, 5) is 17.7. The number of nitrogens with zero attached hydrogens (tertiary/aromatic N) is 1. The Bertz CT molecular complexity index is 1250. The Balaban J connectivity index is 1.42. The zero-order chi connectivity index (χ0) is 22.7. The third kappa shape index (κ3) is 5.06. The van der Waals surface area contributed by atoms with Crippen LogP contribution in [0.1, 0.15) is 38.9 Å². The van der Waals surface area contributed by atoms with E-state index in [0.29, 0.717) is 35.2 Å². The molecule has 0 saturated heterocycles. The third-order valence-electron chi connectivity index (χ3n) is 5.06. The quantitative estimate of drug-likeness (QED) is 0.425. The van der Waals surface area contributed by atoms with Gasteiger partial charge in [0.25, 0.3) is 5.91 Å². The third-order valence-corrected chi connectivity index (χ3v) is 6.39. The smallest absolute Gasteiger partial charge is 0.251 e. The van der Waals surface area contributed by atoms with Gasteiger partial charge in [-0.3, -0.25) is 9.00 Å². The molecule has 1 N–H and O–H groups in total. The summed E-state index contributed by atoms with van der Waals surface area (Å²) in [7, 11) is -1.21. The van der Waals surface area contributed by atoms with Crippen molar-refractivity contribution in [1.82, 2.24) is 10.3 Å². The monoisotopic (exact) mass is 448 g/mol. The SMILES string of the molecule is Cc1ccc([S@](=O)Cc2nc(-c3ccc(C(=O)NCc4ccc(C)o4)cc3)oc2C)cc1. The average molecular weight is 449 g/mol. The molecule has 0 aliphatic heterocycles. The fourth-order valence-electron chi connectivity index (χ4n) is 3.20. The van der Waals surface area contributed by atoms with Gasteiger partial charge in [0.15, 0.2) is 0 Å². The van der Waals surface area contributed by atoms with Crippen molar-refractivity contribution in [3.05, 3.63) is 94.8 Å². The Morgan fingerprint density at radius 2 is 1.66 bits per heavy atom. The van der Waals surface area contributed by atoms with Gasteiger partial charge in [0.2, 0.25) is 5.89 Å². The first-order chi connectivity index (χ1) is 15.4. The van der Waals surface area contributed by atoms with Gasteiger partial charge in [0.1, 0.15) is 17.3 Å². The first kappa shape index (κ1) is 21.8. The van der Waals surface area contributed by atoms with Crippen LogP contribution in [0.5, 0.6) is 0 Å². The molecule has 1 amide bonds. The molecule has 0 spiro atoms. The molecule has 32 heavy (non-hydrogen) atoms. The van der Waals surface area contributed by atoms with Gasteiger partial charge in [-0.25, -0.2) is 4.98 Å². The molecular weight excluding hydrogens is 424 g/mol. The van der Waals surface area contributed by atoms with Gasteiger partial charge in [0, 0.05) is 16.0 Å². The number of hydrogen-bond acceptors (Lipinski definition) is 5. The number of aryl methyl sites for hydroxylation is 3. The summed E-state index contributed by atoms with van der Waals surface area (Å²) in [6.45, 7) is 6.00. The van der Waals surface area contributed by atoms with Crippen LogP contribution in [0, 0.1) is 20.8 Å². The van der Waals surface area contributed by atoms with Crippen molar-refractivity contribution in [2.75, 3.05) is 0 Å². The zero-order valence-electron chi connectivity index (χ0n) is 18.2. The normalized spacial score (nSPS) is 12.0. The van der Waals surface area contributed by atoms with Gasteiger partial charge >= 0.3 is 0 Å². The van der Waals surface area contributed by atoms with Gasteiger partial charge in [-0.1, -0.05) is 17.7 Å². The van der Waals surface area contributed by atoms with Crippen molar-refractivity contribution in [3.63, 3.8) is 0 Å². The molecule has 0 saturated carbocycles. The number of carbonyl (C=O) groups is 1. The van der Waals surface area contributed by atoms with Crippen molar-refractivity contribution in [2.45, 2.75) is 38.0 Å². The van der Waals surface area contributed by atoms with Crippen molar-refractivity contribution in [2.24, 2.45) is 0 Å². The lowest BCUT2D eigenvalue weighted by Crippen LogP contribution is -2.22. The van der Waals surface area contributed by atoms with E-state index in [0.717, 1.165) is 21.8 Å². The molecule has 4 aromatic rings. The number of rotatable bonds is 7. The average Bonchev–Trinajstić information content (AvgIpc) is 3.37. The van der Waals surface area contributed by atoms with Crippen molar-refractivity contribution in [1.29, 1.82) is 0 Å². The Morgan fingerprint density at radius 3 is 2.31 bits per heavy atom. The van der Waals surface area contributed by atoms with E-state index in [2.05, 4.69) is 10.3 Å². The van der Waals surface area contributed by atoms with E-state index in [9.17, 15) is 9.00 Å². The number of benzene rings is 2. The fourth-order valence-corrected chi connectivity index (χ4v) is 4.32. The highest BCUT2D eigenvalue weighted by Gasteiger charge is 2.16. The minimum atomic E-state index is -1.21. The molecular formula is C25H24N2O4S. The van der Waals surface area contributed by atoms with E-state index in [4.69, 9.17) is 8.83 Å². The van der Waals surface area contributed by atoms with Crippen molar-refractivity contribution < 1.29 is 17.8 Å². The number of oxazole rings is 1. The van der Waals surface area contributed by atoms with Crippen LogP contribution in [-0.2, 0) is 23.1 Å². The lowest BCUT2D eigenvalue weighted by molar-refractivity contribution is 0.0948. The fraction of sp³-hybridized carbons (Fsp3) is 0.200. The summed E-state index contributed by atoms with van der Waals surface area (Å²) in [5.74, 6) is 2.68. The van der Waals surface area contributed by atoms with Crippen LogP contribution in [0.25, 0.3) is 11.5 Å². The summed E-state index contributed by atoms with van der Waals surface area (Å²) in [5, 5.41) is 2.84. The minimum absolute atomic E-state index is 0.191. The summed E-state index contributed by atoms with van der Waals surface area (Å²) < 4.78 is 24.0. The second kappa shape index (κ2) is 9.36. The molecule has 0 radical (unpaired) electrons. The largest absolute Gasteiger partial charge is 0.465 e. The Labute approximate surface area is 189 Å². The Kier molecular flexibility index (Phi) is 6.37. The van der Waals surface area contributed by atoms with Crippen molar-refractivity contribution in [3.8, 4) is 11.5 Å². The minimum Gasteiger partial charge on any atom is -0.465 e. The van der Waals surface area contributed by atoms with E-state index in [1.807, 2.05) is 57.2 Å². The number of aromatic nitrogens is 1. The predicted octanol–water partition coefficient (Wildman–Crippen LogP) is 5.10. The molecule has 6 nitrogen and oxygen atoms in total. The van der Waals surface area contributed by atoms with Crippen LogP contribution < -0.4 is 5.32 Å². The standard InChI is InChI=1S/C25H24N2O4S/c1-16-4-12-22(13-5-16)32(29)15-23-18(3)31-25(27-23)20-9-7-19(8-10-20)24(28)26-14-21-11-6-17(2)30-21/h4-13H,14-15H2,1-3H3,(H,26,28)/t32-/m1/s1. The molecule has 2 heterocycles. The van der Waals surface area contributed by atoms with Crippen LogP contribution in [-0.4, -0.2) is 15.1 Å². The number of hydrogen-bond donors (Lipinski definition) is 1. The molecule has 4 rings (SSSR count). The van der Waals surface area contributed by atoms with Crippen LogP contribution in [0.2, 0.25) is 0 Å². The molecule has 0 unspecified atom stereocenters. The van der Waals surface area contributed by atoms with Gasteiger partial charge in [0.05, 0.1) is 28.8 Å². The maximum Gasteiger partial charge on any atom is 0.251 e. The molecule has 2 aromatic carbocycles. The molecule has 0 aliphatic carbocycles. The molecule has 164 valence electrons. The van der Waals surface area contributed by atoms with Gasteiger partial charge in [-0.2, -0.15) is 0 Å². The number of furan rings is 1. The predicted molar refractivity (Wildman–Crippen MR) is 123 cm³/mol. The zero-order valence-corrected chi connectivity index (χ0v) is 19.0. The van der Waals surface area contributed by atoms with Crippen LogP contribution >= 0.6 is 0 Å². The number of amides is 1. The van der Waals surface area contributed by atoms with Crippen molar-refractivity contribution >= 4 is 16.7 Å². The summed E-state index contributed by atoms with van der Waals surface area (Å²) in [5.41, 5.74) is 3.06. The molecule has 0 bridgehead atoms. The Morgan fingerprint density at radius 1 is 0.938 bits per heavy atom. The highest BCUT2D eigenvalue weighted by molar-refractivity contribution is 7.84. The van der Waals surface area contributed by atoms with Crippen LogP contribution in [0.15, 0.2) is 74.4 Å². The first-order valence-electron chi connectivity index (χ1n) is 10.2. The maximum atomic E-state index is 12.7. The van der Waals surface area contributed by atoms with Gasteiger partial charge < -0.3 is 14.2 Å². The van der Waals surface area contributed by atoms with Gasteiger partial charge in [-0.05, 0) is 69.3 Å². The Hall–Kier alpha value is -3.45. The van der Waals surface area contributed by atoms with E-state index in [1.165, 1.54) is 0 Å². The molecule has 1 atom stereocenters. The van der Waals surface area contributed by atoms with E-state index >= 15 is 0 Å². The summed E-state index contributed by atoms with van der Waals surface area (Å²) >= 11 is 0. The van der Waals surface area contributed by atoms with Crippen LogP contribution in [0.3, 0.4) is 0 Å². The highest BCUT2D eigenvalue weighted by atomic mass is 32.2. The highest BCUT2D eigenvalue weighted by Crippen LogP contribution is 2.24. The summed E-state index contributed by atoms with van der Waals surface area (Å²) in [6, 6.07) is 18.4. The lowest BCUT2D eigenvalue weighted by Gasteiger charge is -2.04. The second-order valence-electron chi connectivity index (χ2n) is 7.60. The van der Waals surface area contributed by atoms with E-state index in [-0.39, 0.29) is 11.7 Å². The number of nitrogens with one attached hydrogen (secondary N) is 1. The van der Waals surface area contributed by atoms with E-state index in [1.54, 1.807) is 24.3 Å². The topological polar surface area (TPSA) is 85.3 Å². The molecule has 0 aliphatic rings. The van der Waals surface area contributed by atoms with Crippen LogP contribution in [0.4, 0.5) is 0 Å². The first-order valence-corrected chi connectivity index (χ1v) is 11.6. The molecule has 2 aromatic heterocycles. The lowest BCUT2D eigenvalue weighted by atomic mass is 10.1.